The highest BCUT2D eigenvalue weighted by Gasteiger charge is 2.06. The Balaban J connectivity index is 2.31. The predicted molar refractivity (Wildman–Crippen MR) is 42.5 cm³/mol. The first kappa shape index (κ1) is 7.73. The average molecular weight is 141 g/mol. The lowest BCUT2D eigenvalue weighted by Crippen LogP contribution is -2.12. The van der Waals surface area contributed by atoms with Crippen molar-refractivity contribution in [2.75, 3.05) is 6.54 Å². The Bertz CT molecular complexity index is 129. The Hall–Kier alpha value is -0.370. The molecular formula is C8H15NO. The molecule has 0 fully saturated rings. The van der Waals surface area contributed by atoms with E-state index in [4.69, 9.17) is 5.11 Å². The van der Waals surface area contributed by atoms with Crippen molar-refractivity contribution in [3.8, 4) is 0 Å². The molecule has 1 rings (SSSR count). The molecule has 0 saturated heterocycles. The zero-order valence-electron chi connectivity index (χ0n) is 6.51. The van der Waals surface area contributed by atoms with E-state index >= 15 is 0 Å². The fraction of sp³-hybridized carbons (Fsp3) is 0.875. The standard InChI is InChI=1S/C8H15NO/c1-7(10)6-8-4-2-3-5-9-8/h7,10H,2-6H2,1H3. The first-order valence-electron chi connectivity index (χ1n) is 3.99. The van der Waals surface area contributed by atoms with Crippen LogP contribution in [0.25, 0.3) is 0 Å². The van der Waals surface area contributed by atoms with E-state index in [0.29, 0.717) is 0 Å². The molecule has 0 spiro atoms. The molecule has 0 saturated carbocycles. The smallest absolute Gasteiger partial charge is 0.0564 e. The summed E-state index contributed by atoms with van der Waals surface area (Å²) >= 11 is 0. The second-order valence-corrected chi connectivity index (χ2v) is 2.96. The SMILES string of the molecule is CC(O)CC1=NCCCC1. The van der Waals surface area contributed by atoms with Gasteiger partial charge < -0.3 is 5.11 Å². The summed E-state index contributed by atoms with van der Waals surface area (Å²) < 4.78 is 0. The van der Waals surface area contributed by atoms with Crippen molar-refractivity contribution in [3.05, 3.63) is 0 Å². The van der Waals surface area contributed by atoms with Crippen molar-refractivity contribution in [1.29, 1.82) is 0 Å². The van der Waals surface area contributed by atoms with Gasteiger partial charge in [-0.05, 0) is 26.2 Å². The lowest BCUT2D eigenvalue weighted by molar-refractivity contribution is 0.202. The van der Waals surface area contributed by atoms with Crippen LogP contribution in [0.4, 0.5) is 0 Å². The van der Waals surface area contributed by atoms with E-state index in [1.54, 1.807) is 0 Å². The maximum atomic E-state index is 9.02. The van der Waals surface area contributed by atoms with E-state index < -0.39 is 0 Å². The number of aliphatic hydroxyl groups is 1. The third-order valence-corrected chi connectivity index (χ3v) is 1.74. The first-order valence-corrected chi connectivity index (χ1v) is 3.99. The molecule has 0 aromatic heterocycles. The second-order valence-electron chi connectivity index (χ2n) is 2.96. The molecule has 58 valence electrons. The highest BCUT2D eigenvalue weighted by Crippen LogP contribution is 2.09. The van der Waals surface area contributed by atoms with E-state index in [0.717, 1.165) is 19.4 Å². The minimum absolute atomic E-state index is 0.211. The average Bonchev–Trinajstić information content (AvgIpc) is 1.88. The highest BCUT2D eigenvalue weighted by atomic mass is 16.3. The van der Waals surface area contributed by atoms with Gasteiger partial charge in [0, 0.05) is 18.7 Å². The molecule has 0 amide bonds. The summed E-state index contributed by atoms with van der Waals surface area (Å²) in [5.74, 6) is 0. The topological polar surface area (TPSA) is 32.6 Å². The third kappa shape index (κ3) is 2.48. The van der Waals surface area contributed by atoms with E-state index in [2.05, 4.69) is 4.99 Å². The second kappa shape index (κ2) is 3.71. The van der Waals surface area contributed by atoms with Crippen molar-refractivity contribution < 1.29 is 5.11 Å². The molecule has 0 aromatic carbocycles. The zero-order chi connectivity index (χ0) is 7.40. The first-order chi connectivity index (χ1) is 4.79. The van der Waals surface area contributed by atoms with Gasteiger partial charge in [-0.3, -0.25) is 4.99 Å². The lowest BCUT2D eigenvalue weighted by Gasteiger charge is -2.12. The minimum Gasteiger partial charge on any atom is -0.393 e. The molecule has 1 N–H and O–H groups in total. The summed E-state index contributed by atoms with van der Waals surface area (Å²) in [5.41, 5.74) is 1.21. The van der Waals surface area contributed by atoms with Gasteiger partial charge in [-0.15, -0.1) is 0 Å². The Morgan fingerprint density at radius 1 is 1.60 bits per heavy atom. The summed E-state index contributed by atoms with van der Waals surface area (Å²) in [6, 6.07) is 0. The van der Waals surface area contributed by atoms with Crippen molar-refractivity contribution in [1.82, 2.24) is 0 Å². The van der Waals surface area contributed by atoms with Crippen LogP contribution in [0.5, 0.6) is 0 Å². The monoisotopic (exact) mass is 141 g/mol. The predicted octanol–water partition coefficient (Wildman–Crippen LogP) is 1.38. The maximum Gasteiger partial charge on any atom is 0.0564 e. The number of nitrogens with zero attached hydrogens (tertiary/aromatic N) is 1. The van der Waals surface area contributed by atoms with Crippen LogP contribution in [-0.2, 0) is 0 Å². The molecule has 0 aromatic rings. The van der Waals surface area contributed by atoms with Crippen LogP contribution in [0.15, 0.2) is 4.99 Å². The van der Waals surface area contributed by atoms with Crippen molar-refractivity contribution in [2.24, 2.45) is 4.99 Å². The van der Waals surface area contributed by atoms with Gasteiger partial charge in [-0.1, -0.05) is 0 Å². The molecular weight excluding hydrogens is 126 g/mol. The van der Waals surface area contributed by atoms with E-state index in [1.165, 1.54) is 18.6 Å². The number of rotatable bonds is 2. The molecule has 10 heavy (non-hydrogen) atoms. The Morgan fingerprint density at radius 2 is 2.40 bits per heavy atom. The summed E-state index contributed by atoms with van der Waals surface area (Å²) in [7, 11) is 0. The van der Waals surface area contributed by atoms with Gasteiger partial charge in [-0.25, -0.2) is 0 Å². The summed E-state index contributed by atoms with van der Waals surface area (Å²) in [5, 5.41) is 9.02. The number of aliphatic hydroxyl groups excluding tert-OH is 1. The molecule has 2 nitrogen and oxygen atoms in total. The molecule has 1 aliphatic rings. The molecule has 1 aliphatic heterocycles. The lowest BCUT2D eigenvalue weighted by atomic mass is 10.0. The zero-order valence-corrected chi connectivity index (χ0v) is 6.51. The van der Waals surface area contributed by atoms with E-state index in [9.17, 15) is 0 Å². The Morgan fingerprint density at radius 3 is 2.90 bits per heavy atom. The van der Waals surface area contributed by atoms with Crippen molar-refractivity contribution >= 4 is 5.71 Å². The van der Waals surface area contributed by atoms with Crippen molar-refractivity contribution in [3.63, 3.8) is 0 Å². The van der Waals surface area contributed by atoms with E-state index in [-0.39, 0.29) is 6.10 Å². The van der Waals surface area contributed by atoms with Crippen molar-refractivity contribution in [2.45, 2.75) is 38.7 Å². The normalized spacial score (nSPS) is 22.0. The summed E-state index contributed by atoms with van der Waals surface area (Å²) in [6.45, 7) is 2.79. The van der Waals surface area contributed by atoms with Gasteiger partial charge in [0.05, 0.1) is 6.10 Å². The quantitative estimate of drug-likeness (QED) is 0.619. The third-order valence-electron chi connectivity index (χ3n) is 1.74. The fourth-order valence-corrected chi connectivity index (χ4v) is 1.26. The molecule has 0 bridgehead atoms. The van der Waals surface area contributed by atoms with Crippen LogP contribution in [0.3, 0.4) is 0 Å². The van der Waals surface area contributed by atoms with Gasteiger partial charge in [0.25, 0.3) is 0 Å². The molecule has 1 unspecified atom stereocenters. The van der Waals surface area contributed by atoms with Crippen LogP contribution in [0.2, 0.25) is 0 Å². The minimum atomic E-state index is -0.211. The molecule has 0 aliphatic carbocycles. The van der Waals surface area contributed by atoms with Crippen LogP contribution in [0, 0.1) is 0 Å². The molecule has 1 heterocycles. The number of hydrogen-bond donors (Lipinski definition) is 1. The van der Waals surface area contributed by atoms with Gasteiger partial charge >= 0.3 is 0 Å². The number of hydrogen-bond acceptors (Lipinski definition) is 2. The highest BCUT2D eigenvalue weighted by molar-refractivity contribution is 5.85. The maximum absolute atomic E-state index is 9.02. The van der Waals surface area contributed by atoms with Crippen LogP contribution >= 0.6 is 0 Å². The summed E-state index contributed by atoms with van der Waals surface area (Å²) in [6.07, 6.45) is 4.15. The molecule has 1 atom stereocenters. The number of aliphatic imine (C=N–C) groups is 1. The molecule has 2 heteroatoms. The van der Waals surface area contributed by atoms with Crippen LogP contribution < -0.4 is 0 Å². The van der Waals surface area contributed by atoms with Gasteiger partial charge in [0.2, 0.25) is 0 Å². The Labute approximate surface area is 62.0 Å². The van der Waals surface area contributed by atoms with Gasteiger partial charge in [0.1, 0.15) is 0 Å². The fourth-order valence-electron chi connectivity index (χ4n) is 1.26. The Kier molecular flexibility index (Phi) is 2.87. The van der Waals surface area contributed by atoms with Gasteiger partial charge in [-0.2, -0.15) is 0 Å². The van der Waals surface area contributed by atoms with E-state index in [1.807, 2.05) is 6.92 Å². The largest absolute Gasteiger partial charge is 0.393 e. The molecule has 0 radical (unpaired) electrons. The van der Waals surface area contributed by atoms with Crippen LogP contribution in [0.1, 0.15) is 32.6 Å². The van der Waals surface area contributed by atoms with Crippen LogP contribution in [-0.4, -0.2) is 23.5 Å². The summed E-state index contributed by atoms with van der Waals surface area (Å²) in [4.78, 5) is 4.33. The van der Waals surface area contributed by atoms with Gasteiger partial charge in [0.15, 0.2) is 0 Å².